The van der Waals surface area contributed by atoms with Crippen molar-refractivity contribution in [2.24, 2.45) is 0 Å². The molecule has 184 valence electrons. The van der Waals surface area contributed by atoms with Gasteiger partial charge in [0.1, 0.15) is 0 Å². The monoisotopic (exact) mass is 521 g/mol. The van der Waals surface area contributed by atoms with E-state index in [2.05, 4.69) is 16.0 Å². The predicted octanol–water partition coefficient (Wildman–Crippen LogP) is 4.89. The molecule has 1 aliphatic rings. The first kappa shape index (κ1) is 25.2. The Morgan fingerprint density at radius 2 is 1.72 bits per heavy atom. The van der Waals surface area contributed by atoms with Gasteiger partial charge in [-0.1, -0.05) is 60.1 Å². The zero-order chi connectivity index (χ0) is 25.7. The van der Waals surface area contributed by atoms with Crippen molar-refractivity contribution < 1.29 is 19.1 Å². The molecule has 7 nitrogen and oxygen atoms in total. The molecule has 1 atom stereocenters. The second-order valence-electron chi connectivity index (χ2n) is 7.98. The fraction of sp³-hybridized carbons (Fsp3) is 0.148. The minimum absolute atomic E-state index is 0.130. The van der Waals surface area contributed by atoms with Gasteiger partial charge in [-0.25, -0.2) is 0 Å². The minimum Gasteiger partial charge on any atom is -0.493 e. The average Bonchev–Trinajstić information content (AvgIpc) is 2.88. The fourth-order valence-electron chi connectivity index (χ4n) is 3.93. The topological polar surface area (TPSA) is 88.7 Å². The third kappa shape index (κ3) is 5.67. The number of carbonyl (C=O) groups excluding carboxylic acids is 2. The van der Waals surface area contributed by atoms with Crippen LogP contribution in [0, 0.1) is 0 Å². The number of rotatable bonds is 8. The van der Waals surface area contributed by atoms with E-state index in [1.807, 2.05) is 48.5 Å². The third-order valence-corrected chi connectivity index (χ3v) is 6.00. The number of hydrogen-bond acceptors (Lipinski definition) is 5. The van der Waals surface area contributed by atoms with Crippen LogP contribution < -0.4 is 25.4 Å². The molecule has 0 spiro atoms. The van der Waals surface area contributed by atoms with Crippen LogP contribution in [0.4, 0.5) is 5.69 Å². The van der Waals surface area contributed by atoms with Crippen LogP contribution in [-0.2, 0) is 9.59 Å². The second kappa shape index (κ2) is 11.2. The van der Waals surface area contributed by atoms with E-state index in [4.69, 9.17) is 33.3 Å². The summed E-state index contributed by atoms with van der Waals surface area (Å²) >= 11 is 12.0. The summed E-state index contributed by atoms with van der Waals surface area (Å²) in [4.78, 5) is 25.1. The van der Waals surface area contributed by atoms with Crippen molar-refractivity contribution in [3.63, 3.8) is 0 Å². The Morgan fingerprint density at radius 3 is 2.36 bits per heavy atom. The Labute approximate surface area is 219 Å². The summed E-state index contributed by atoms with van der Waals surface area (Å²) in [7, 11) is 1.48. The van der Waals surface area contributed by atoms with Crippen LogP contribution in [0.1, 0.15) is 24.1 Å². The molecule has 1 heterocycles. The van der Waals surface area contributed by atoms with Crippen LogP contribution in [-0.4, -0.2) is 30.5 Å². The van der Waals surface area contributed by atoms with Crippen molar-refractivity contribution in [3.05, 3.63) is 94.5 Å². The Bertz CT molecular complexity index is 1330. The van der Waals surface area contributed by atoms with Crippen LogP contribution in [0.25, 0.3) is 5.70 Å². The van der Waals surface area contributed by atoms with Gasteiger partial charge in [-0.2, -0.15) is 0 Å². The molecule has 9 heteroatoms. The first-order chi connectivity index (χ1) is 17.4. The number of halogens is 1. The van der Waals surface area contributed by atoms with Crippen molar-refractivity contribution in [2.75, 3.05) is 19.0 Å². The smallest absolute Gasteiger partial charge is 0.262 e. The van der Waals surface area contributed by atoms with Crippen molar-refractivity contribution in [1.82, 2.24) is 10.6 Å². The quantitative estimate of drug-likeness (QED) is 0.364. The third-order valence-electron chi connectivity index (χ3n) is 5.50. The van der Waals surface area contributed by atoms with Gasteiger partial charge in [-0.15, -0.1) is 0 Å². The Balaban J connectivity index is 1.64. The van der Waals surface area contributed by atoms with E-state index in [1.54, 1.807) is 24.3 Å². The van der Waals surface area contributed by atoms with Crippen molar-refractivity contribution in [1.29, 1.82) is 0 Å². The highest BCUT2D eigenvalue weighted by Crippen LogP contribution is 2.41. The molecule has 0 bridgehead atoms. The van der Waals surface area contributed by atoms with Crippen LogP contribution in [0.2, 0.25) is 5.02 Å². The molecule has 0 aromatic heterocycles. The number of ketones is 1. The molecule has 0 fully saturated rings. The summed E-state index contributed by atoms with van der Waals surface area (Å²) in [6.07, 6.45) is 0. The Kier molecular flexibility index (Phi) is 7.87. The molecular formula is C27H24ClN3O4S. The first-order valence-corrected chi connectivity index (χ1v) is 11.9. The van der Waals surface area contributed by atoms with Crippen LogP contribution >= 0.6 is 23.8 Å². The standard InChI is InChI=1S/C27H24ClN3O4S/c1-16(32)23-24(17-9-5-3-6-10-17)30-27(36)31-25(23)18-13-20(28)26(21(14-18)34-2)35-15-22(33)29-19-11-7-4-8-12-19/h3-14,25H,15H2,1-2H3,(H,29,33)(H2,30,31,36)/t25-/m1/s1. The van der Waals surface area contributed by atoms with Gasteiger partial charge in [0.15, 0.2) is 29.0 Å². The number of amides is 1. The largest absolute Gasteiger partial charge is 0.493 e. The summed E-state index contributed by atoms with van der Waals surface area (Å²) in [5.41, 5.74) is 3.28. The van der Waals surface area contributed by atoms with Gasteiger partial charge >= 0.3 is 0 Å². The van der Waals surface area contributed by atoms with Crippen molar-refractivity contribution >= 4 is 52.0 Å². The number of Topliss-reactive ketones (excluding diaryl/α,β-unsaturated/α-hetero) is 1. The maximum Gasteiger partial charge on any atom is 0.262 e. The molecule has 0 aliphatic carbocycles. The molecule has 0 radical (unpaired) electrons. The number of hydrogen-bond donors (Lipinski definition) is 3. The number of carbonyl (C=O) groups is 2. The Hall–Kier alpha value is -3.88. The average molecular weight is 522 g/mol. The highest BCUT2D eigenvalue weighted by Gasteiger charge is 2.31. The molecule has 0 saturated heterocycles. The highest BCUT2D eigenvalue weighted by molar-refractivity contribution is 7.80. The molecule has 4 rings (SSSR count). The van der Waals surface area contributed by atoms with E-state index < -0.39 is 6.04 Å². The van der Waals surface area contributed by atoms with Crippen LogP contribution in [0.15, 0.2) is 78.4 Å². The van der Waals surface area contributed by atoms with Gasteiger partial charge < -0.3 is 25.4 Å². The van der Waals surface area contributed by atoms with E-state index in [-0.39, 0.29) is 29.1 Å². The Morgan fingerprint density at radius 1 is 1.06 bits per heavy atom. The number of nitrogens with one attached hydrogen (secondary N) is 3. The number of para-hydroxylation sites is 1. The summed E-state index contributed by atoms with van der Waals surface area (Å²) in [5, 5.41) is 9.63. The van der Waals surface area contributed by atoms with Gasteiger partial charge in [0.2, 0.25) is 0 Å². The first-order valence-electron chi connectivity index (χ1n) is 11.1. The lowest BCUT2D eigenvalue weighted by Gasteiger charge is -2.31. The molecule has 1 amide bonds. The zero-order valence-corrected chi connectivity index (χ0v) is 21.2. The molecule has 36 heavy (non-hydrogen) atoms. The van der Waals surface area contributed by atoms with E-state index in [9.17, 15) is 9.59 Å². The van der Waals surface area contributed by atoms with Crippen molar-refractivity contribution in [2.45, 2.75) is 13.0 Å². The normalized spacial score (nSPS) is 15.0. The maximum atomic E-state index is 12.8. The predicted molar refractivity (Wildman–Crippen MR) is 144 cm³/mol. The summed E-state index contributed by atoms with van der Waals surface area (Å²) in [6, 6.07) is 21.4. The summed E-state index contributed by atoms with van der Waals surface area (Å²) in [5.74, 6) is 0.0668. The second-order valence-corrected chi connectivity index (χ2v) is 8.79. The van der Waals surface area contributed by atoms with E-state index >= 15 is 0 Å². The van der Waals surface area contributed by atoms with Gasteiger partial charge in [0.25, 0.3) is 5.91 Å². The van der Waals surface area contributed by atoms with Crippen molar-refractivity contribution in [3.8, 4) is 11.5 Å². The lowest BCUT2D eigenvalue weighted by molar-refractivity contribution is -0.118. The molecule has 3 N–H and O–H groups in total. The maximum absolute atomic E-state index is 12.8. The highest BCUT2D eigenvalue weighted by atomic mass is 35.5. The number of ether oxygens (including phenoxy) is 2. The fourth-order valence-corrected chi connectivity index (χ4v) is 4.42. The van der Waals surface area contributed by atoms with Gasteiger partial charge in [-0.3, -0.25) is 9.59 Å². The van der Waals surface area contributed by atoms with E-state index in [0.717, 1.165) is 5.56 Å². The zero-order valence-electron chi connectivity index (χ0n) is 19.6. The number of benzene rings is 3. The van der Waals surface area contributed by atoms with Gasteiger partial charge in [0, 0.05) is 11.3 Å². The van der Waals surface area contributed by atoms with Crippen LogP contribution in [0.5, 0.6) is 11.5 Å². The van der Waals surface area contributed by atoms with E-state index in [1.165, 1.54) is 14.0 Å². The molecular weight excluding hydrogens is 498 g/mol. The number of thiocarbonyl (C=S) groups is 1. The molecule has 3 aromatic carbocycles. The lowest BCUT2D eigenvalue weighted by Crippen LogP contribution is -2.44. The summed E-state index contributed by atoms with van der Waals surface area (Å²) < 4.78 is 11.2. The lowest BCUT2D eigenvalue weighted by atomic mass is 9.90. The number of methoxy groups -OCH3 is 1. The van der Waals surface area contributed by atoms with Gasteiger partial charge in [-0.05, 0) is 54.5 Å². The summed E-state index contributed by atoms with van der Waals surface area (Å²) in [6.45, 7) is 1.24. The SMILES string of the molecule is COc1cc([C@H]2NC(=S)NC(c3ccccc3)=C2C(C)=O)cc(Cl)c1OCC(=O)Nc1ccccc1. The molecule has 0 unspecified atom stereocenters. The minimum atomic E-state index is -0.576. The van der Waals surface area contributed by atoms with E-state index in [0.29, 0.717) is 33.4 Å². The molecule has 3 aromatic rings. The van der Waals surface area contributed by atoms with Crippen LogP contribution in [0.3, 0.4) is 0 Å². The number of anilines is 1. The van der Waals surface area contributed by atoms with Gasteiger partial charge in [0.05, 0.1) is 23.9 Å². The molecule has 1 aliphatic heterocycles. The molecule has 0 saturated carbocycles.